The quantitative estimate of drug-likeness (QED) is 0.0347. The minimum Gasteiger partial charge on any atom is -0.508 e. The molecule has 0 saturated carbocycles. The van der Waals surface area contributed by atoms with Gasteiger partial charge in [0.05, 0.1) is 19.0 Å². The van der Waals surface area contributed by atoms with E-state index in [9.17, 15) is 57.8 Å². The number of carbonyl (C=O) groups excluding carboxylic acids is 11. The number of thioether (sulfide) groups is 2. The van der Waals surface area contributed by atoms with Gasteiger partial charge in [-0.2, -0.15) is 23.5 Å². The fourth-order valence-corrected chi connectivity index (χ4v) is 8.52. The highest BCUT2D eigenvalue weighted by Crippen LogP contribution is 2.21. The predicted octanol–water partition coefficient (Wildman–Crippen LogP) is -3.28. The third-order valence-corrected chi connectivity index (χ3v) is 12.8. The molecule has 1 aromatic carbocycles. The Balaban J connectivity index is 2.38. The predicted molar refractivity (Wildman–Crippen MR) is 266 cm³/mol. The first-order chi connectivity index (χ1) is 33.4. The van der Waals surface area contributed by atoms with Gasteiger partial charge in [0.25, 0.3) is 0 Å². The Morgan fingerprint density at radius 2 is 1.27 bits per heavy atom. The third kappa shape index (κ3) is 21.0. The van der Waals surface area contributed by atoms with Crippen LogP contribution < -0.4 is 60.2 Å². The van der Waals surface area contributed by atoms with Crippen LogP contribution in [-0.2, 0) is 59.2 Å². The first kappa shape index (κ1) is 61.0. The molecule has 71 heavy (non-hydrogen) atoms. The summed E-state index contributed by atoms with van der Waals surface area (Å²) in [5, 5.41) is 27.6. The lowest BCUT2D eigenvalue weighted by molar-refractivity contribution is -0.142. The SMILES string of the molecule is CC[C@H](C)[C@H](NC(=O)[C@H](Cc1ccc(O)cc1)NC(=O)[C@@H](N)CSC)C(=O)N[C@@H](CCC(N)=O)C(=O)N[C@@H](CC(N)=O)C(=O)N[C@@H](CSC)C(=O)N1CCC[C@H]1C(=O)N[C@@H](CC(C)C)C(=O)NCC(N)=O. The summed E-state index contributed by atoms with van der Waals surface area (Å²) in [6.07, 6.45) is 2.88. The lowest BCUT2D eigenvalue weighted by Gasteiger charge is -2.31. The molecule has 26 heteroatoms. The van der Waals surface area contributed by atoms with Gasteiger partial charge in [0.2, 0.25) is 65.0 Å². The molecule has 24 nitrogen and oxygen atoms in total. The van der Waals surface area contributed by atoms with Gasteiger partial charge in [-0.25, -0.2) is 0 Å². The number of aromatic hydroxyl groups is 1. The summed E-state index contributed by atoms with van der Waals surface area (Å²) in [5.41, 5.74) is 22.7. The maximum atomic E-state index is 14.1. The van der Waals surface area contributed by atoms with Gasteiger partial charge in [0.15, 0.2) is 0 Å². The van der Waals surface area contributed by atoms with Crippen LogP contribution in [0.3, 0.4) is 0 Å². The van der Waals surface area contributed by atoms with Gasteiger partial charge in [-0.1, -0.05) is 46.2 Å². The van der Waals surface area contributed by atoms with Crippen LogP contribution in [0, 0.1) is 11.8 Å². The topological polar surface area (TPSA) is 400 Å². The summed E-state index contributed by atoms with van der Waals surface area (Å²) in [6, 6.07) is -4.41. The van der Waals surface area contributed by atoms with E-state index in [1.165, 1.54) is 40.6 Å². The molecule has 396 valence electrons. The van der Waals surface area contributed by atoms with Gasteiger partial charge in [-0.05, 0) is 67.7 Å². The zero-order chi connectivity index (χ0) is 53.5. The molecule has 0 aromatic heterocycles. The summed E-state index contributed by atoms with van der Waals surface area (Å²) < 4.78 is 0. The number of hydrogen-bond donors (Lipinski definition) is 12. The highest BCUT2D eigenvalue weighted by Gasteiger charge is 2.40. The maximum Gasteiger partial charge on any atom is 0.246 e. The molecule has 11 amide bonds. The molecular weight excluding hydrogens is 965 g/mol. The maximum absolute atomic E-state index is 14.1. The van der Waals surface area contributed by atoms with Crippen molar-refractivity contribution in [1.82, 2.24) is 42.1 Å². The fraction of sp³-hybridized carbons (Fsp3) is 0.622. The van der Waals surface area contributed by atoms with Crippen molar-refractivity contribution >= 4 is 88.5 Å². The van der Waals surface area contributed by atoms with Gasteiger partial charge >= 0.3 is 0 Å². The van der Waals surface area contributed by atoms with Crippen LogP contribution in [0.2, 0.25) is 0 Å². The fourth-order valence-electron chi connectivity index (χ4n) is 7.45. The first-order valence-corrected chi connectivity index (χ1v) is 26.0. The molecule has 0 bridgehead atoms. The van der Waals surface area contributed by atoms with Gasteiger partial charge in [-0.3, -0.25) is 52.7 Å². The molecule has 1 aliphatic rings. The average Bonchev–Trinajstić information content (AvgIpc) is 3.80. The Hall–Kier alpha value is -6.15. The molecule has 1 aromatic rings. The van der Waals surface area contributed by atoms with Gasteiger partial charge in [0, 0.05) is 30.9 Å². The number of nitrogens with zero attached hydrogens (tertiary/aromatic N) is 1. The molecule has 0 radical (unpaired) electrons. The van der Waals surface area contributed by atoms with E-state index in [1.54, 1.807) is 38.5 Å². The van der Waals surface area contributed by atoms with Crippen LogP contribution >= 0.6 is 23.5 Å². The van der Waals surface area contributed by atoms with Crippen molar-refractivity contribution in [1.29, 1.82) is 0 Å². The zero-order valence-electron chi connectivity index (χ0n) is 41.1. The van der Waals surface area contributed by atoms with Crippen molar-refractivity contribution in [3.8, 4) is 5.75 Å². The molecule has 1 saturated heterocycles. The number of nitrogens with one attached hydrogen (secondary N) is 7. The molecule has 1 heterocycles. The van der Waals surface area contributed by atoms with E-state index in [-0.39, 0.29) is 49.0 Å². The Morgan fingerprint density at radius 3 is 1.83 bits per heavy atom. The van der Waals surface area contributed by atoms with E-state index in [0.717, 1.165) is 0 Å². The molecule has 9 atom stereocenters. The van der Waals surface area contributed by atoms with Crippen molar-refractivity contribution < 1.29 is 57.8 Å². The van der Waals surface area contributed by atoms with E-state index < -0.39 is 145 Å². The van der Waals surface area contributed by atoms with Crippen LogP contribution in [0.5, 0.6) is 5.75 Å². The number of primary amides is 3. The number of benzene rings is 1. The monoisotopic (exact) mass is 1040 g/mol. The molecule has 0 aliphatic carbocycles. The van der Waals surface area contributed by atoms with Gasteiger partial charge in [-0.15, -0.1) is 0 Å². The first-order valence-electron chi connectivity index (χ1n) is 23.2. The van der Waals surface area contributed by atoms with E-state index in [1.807, 2.05) is 13.8 Å². The normalized spacial score (nSPS) is 16.6. The van der Waals surface area contributed by atoms with Gasteiger partial charge < -0.3 is 70.2 Å². The van der Waals surface area contributed by atoms with Crippen LogP contribution in [0.1, 0.15) is 78.2 Å². The number of rotatable bonds is 31. The minimum absolute atomic E-state index is 0.0255. The molecule has 0 unspecified atom stereocenters. The Labute approximate surface area is 421 Å². The molecular formula is C45H72N12O12S2. The summed E-state index contributed by atoms with van der Waals surface area (Å²) in [6.45, 7) is 6.71. The van der Waals surface area contributed by atoms with Crippen molar-refractivity contribution in [3.63, 3.8) is 0 Å². The summed E-state index contributed by atoms with van der Waals surface area (Å²) in [7, 11) is 0. The van der Waals surface area contributed by atoms with Crippen molar-refractivity contribution in [2.75, 3.05) is 37.1 Å². The Morgan fingerprint density at radius 1 is 0.690 bits per heavy atom. The third-order valence-electron chi connectivity index (χ3n) is 11.4. The lowest BCUT2D eigenvalue weighted by Crippen LogP contribution is -2.61. The van der Waals surface area contributed by atoms with Crippen molar-refractivity contribution in [2.24, 2.45) is 34.8 Å². The standard InChI is InChI=1S/C45H72N12O12S2/c1-7-24(4)37(56-42(66)30(52-38(62)27(46)21-70-5)18-25-10-12-26(58)13-11-25)44(68)51-28(14-15-34(47)59)40(64)53-31(19-35(48)60)41(65)55-32(22-71-6)45(69)57-16-8-9-33(57)43(67)54-29(17-23(2)3)39(63)50-20-36(49)61/h10-13,23-24,27-33,37,58H,7-9,14-22,46H2,1-6H3,(H2,47,59)(H2,48,60)(H2,49,61)(H,50,63)(H,51,68)(H,52,62)(H,53,64)(H,54,67)(H,55,65)(H,56,66)/t24-,27-,28-,29-,30-,31-,32-,33-,37-/m0/s1. The van der Waals surface area contributed by atoms with E-state index in [0.29, 0.717) is 18.4 Å². The van der Waals surface area contributed by atoms with Crippen molar-refractivity contribution in [2.45, 2.75) is 127 Å². The zero-order valence-corrected chi connectivity index (χ0v) is 42.7. The van der Waals surface area contributed by atoms with Crippen LogP contribution in [0.25, 0.3) is 0 Å². The van der Waals surface area contributed by atoms with Crippen LogP contribution in [0.15, 0.2) is 24.3 Å². The van der Waals surface area contributed by atoms with Crippen molar-refractivity contribution in [3.05, 3.63) is 29.8 Å². The molecule has 0 spiro atoms. The highest BCUT2D eigenvalue weighted by molar-refractivity contribution is 7.98. The smallest absolute Gasteiger partial charge is 0.246 e. The second kappa shape index (κ2) is 30.6. The molecule has 16 N–H and O–H groups in total. The number of carbonyl (C=O) groups is 11. The van der Waals surface area contributed by atoms with Crippen LogP contribution in [0.4, 0.5) is 0 Å². The highest BCUT2D eigenvalue weighted by atomic mass is 32.2. The Bertz CT molecular complexity index is 2050. The number of amides is 11. The molecule has 1 aliphatic heterocycles. The number of phenolic OH excluding ortho intramolecular Hbond substituents is 1. The van der Waals surface area contributed by atoms with E-state index in [2.05, 4.69) is 37.2 Å². The minimum atomic E-state index is -1.73. The van der Waals surface area contributed by atoms with Crippen LogP contribution in [-0.4, -0.2) is 160 Å². The average molecular weight is 1040 g/mol. The molecule has 1 fully saturated rings. The number of nitrogens with two attached hydrogens (primary N) is 4. The summed E-state index contributed by atoms with van der Waals surface area (Å²) in [4.78, 5) is 147. The number of likely N-dealkylation sites (tertiary alicyclic amines) is 1. The number of phenols is 1. The number of hydrogen-bond acceptors (Lipinski definition) is 15. The second-order valence-electron chi connectivity index (χ2n) is 17.7. The Kier molecular flexibility index (Phi) is 26.2. The van der Waals surface area contributed by atoms with Gasteiger partial charge in [0.1, 0.15) is 48.0 Å². The van der Waals surface area contributed by atoms with E-state index in [4.69, 9.17) is 22.9 Å². The second-order valence-corrected chi connectivity index (χ2v) is 19.6. The summed E-state index contributed by atoms with van der Waals surface area (Å²) in [5.74, 6) is -9.48. The largest absolute Gasteiger partial charge is 0.508 e. The molecule has 2 rings (SSSR count). The lowest BCUT2D eigenvalue weighted by atomic mass is 9.96. The summed E-state index contributed by atoms with van der Waals surface area (Å²) >= 11 is 2.48. The van der Waals surface area contributed by atoms with E-state index >= 15 is 0 Å².